The van der Waals surface area contributed by atoms with Crippen LogP contribution < -0.4 is 4.74 Å². The molecule has 4 heteroatoms. The first kappa shape index (κ1) is 12.9. The normalized spacial score (nSPS) is 22.6. The molecule has 1 unspecified atom stereocenters. The fourth-order valence-corrected chi connectivity index (χ4v) is 2.15. The molecule has 1 aromatic carbocycles. The Balaban J connectivity index is 1.98. The second-order valence-corrected chi connectivity index (χ2v) is 5.40. The third kappa shape index (κ3) is 2.82. The number of ether oxygens (including phenoxy) is 1. The van der Waals surface area contributed by atoms with Crippen molar-refractivity contribution in [2.45, 2.75) is 26.4 Å². The van der Waals surface area contributed by atoms with Crippen LogP contribution in [0.1, 0.15) is 20.3 Å². The molecule has 0 spiro atoms. The molecule has 1 aliphatic rings. The Morgan fingerprint density at radius 1 is 1.39 bits per heavy atom. The summed E-state index contributed by atoms with van der Waals surface area (Å²) in [6, 6.07) is 9.03. The summed E-state index contributed by atoms with van der Waals surface area (Å²) in [7, 11) is 0. The molecule has 1 saturated heterocycles. The van der Waals surface area contributed by atoms with Crippen LogP contribution in [0, 0.1) is 5.41 Å². The Bertz CT molecular complexity index is 416. The number of amides is 1. The van der Waals surface area contributed by atoms with Crippen molar-refractivity contribution in [2.75, 3.05) is 13.1 Å². The number of carbonyl (C=O) groups excluding carboxylic acids is 1. The van der Waals surface area contributed by atoms with Gasteiger partial charge in [0.2, 0.25) is 0 Å². The summed E-state index contributed by atoms with van der Waals surface area (Å²) in [6.45, 7) is 4.97. The van der Waals surface area contributed by atoms with Crippen molar-refractivity contribution in [1.82, 2.24) is 4.90 Å². The van der Waals surface area contributed by atoms with Gasteiger partial charge in [-0.1, -0.05) is 32.0 Å². The molecule has 1 aromatic rings. The minimum absolute atomic E-state index is 0.284. The maximum Gasteiger partial charge on any atom is 0.415 e. The maximum absolute atomic E-state index is 12.0. The van der Waals surface area contributed by atoms with Gasteiger partial charge in [-0.15, -0.1) is 0 Å². The monoisotopic (exact) mass is 249 g/mol. The van der Waals surface area contributed by atoms with Gasteiger partial charge in [-0.2, -0.15) is 0 Å². The van der Waals surface area contributed by atoms with E-state index in [9.17, 15) is 9.90 Å². The lowest BCUT2D eigenvalue weighted by Crippen LogP contribution is -2.51. The molecule has 0 aliphatic carbocycles. The standard InChI is InChI=1S/C14H19NO3/c1-14(2)10-15(9-8-12(14)16)13(17)18-11-6-4-3-5-7-11/h3-7,12,16H,8-10H2,1-2H3. The molecule has 1 N–H and O–H groups in total. The van der Waals surface area contributed by atoms with Crippen molar-refractivity contribution in [1.29, 1.82) is 0 Å². The molecule has 1 aliphatic heterocycles. The Labute approximate surface area is 107 Å². The molecule has 1 heterocycles. The lowest BCUT2D eigenvalue weighted by molar-refractivity contribution is -0.0170. The van der Waals surface area contributed by atoms with Crippen LogP contribution in [0.15, 0.2) is 30.3 Å². The predicted molar refractivity (Wildman–Crippen MR) is 68.4 cm³/mol. The van der Waals surface area contributed by atoms with Crippen LogP contribution in [0.3, 0.4) is 0 Å². The highest BCUT2D eigenvalue weighted by Crippen LogP contribution is 2.29. The minimum Gasteiger partial charge on any atom is -0.410 e. The van der Waals surface area contributed by atoms with Gasteiger partial charge in [0.05, 0.1) is 6.10 Å². The van der Waals surface area contributed by atoms with E-state index >= 15 is 0 Å². The van der Waals surface area contributed by atoms with Crippen LogP contribution in [-0.2, 0) is 0 Å². The summed E-state index contributed by atoms with van der Waals surface area (Å²) < 4.78 is 5.29. The molecule has 0 radical (unpaired) electrons. The molecule has 4 nitrogen and oxygen atoms in total. The smallest absolute Gasteiger partial charge is 0.410 e. The minimum atomic E-state index is -0.363. The molecule has 1 fully saturated rings. The number of hydrogen-bond donors (Lipinski definition) is 1. The van der Waals surface area contributed by atoms with Gasteiger partial charge in [0.15, 0.2) is 0 Å². The highest BCUT2D eigenvalue weighted by molar-refractivity contribution is 5.70. The van der Waals surface area contributed by atoms with E-state index in [1.54, 1.807) is 17.0 Å². The van der Waals surface area contributed by atoms with E-state index < -0.39 is 0 Å². The number of para-hydroxylation sites is 1. The van der Waals surface area contributed by atoms with Gasteiger partial charge < -0.3 is 14.7 Å². The first-order chi connectivity index (χ1) is 8.49. The molecule has 0 saturated carbocycles. The van der Waals surface area contributed by atoms with Crippen LogP contribution in [-0.4, -0.2) is 35.3 Å². The first-order valence-corrected chi connectivity index (χ1v) is 6.19. The quantitative estimate of drug-likeness (QED) is 0.830. The average molecular weight is 249 g/mol. The summed E-state index contributed by atoms with van der Waals surface area (Å²) in [5.74, 6) is 0.548. The van der Waals surface area contributed by atoms with Crippen molar-refractivity contribution in [2.24, 2.45) is 5.41 Å². The van der Waals surface area contributed by atoms with E-state index in [1.165, 1.54) is 0 Å². The third-order valence-corrected chi connectivity index (χ3v) is 3.38. The number of aliphatic hydroxyl groups is 1. The van der Waals surface area contributed by atoms with E-state index in [2.05, 4.69) is 0 Å². The summed E-state index contributed by atoms with van der Waals surface area (Å²) in [5, 5.41) is 9.85. The molecular weight excluding hydrogens is 230 g/mol. The maximum atomic E-state index is 12.0. The van der Waals surface area contributed by atoms with E-state index in [0.717, 1.165) is 0 Å². The van der Waals surface area contributed by atoms with Crippen LogP contribution in [0.5, 0.6) is 5.75 Å². The molecule has 98 valence electrons. The largest absolute Gasteiger partial charge is 0.415 e. The number of carbonyl (C=O) groups is 1. The van der Waals surface area contributed by atoms with Gasteiger partial charge >= 0.3 is 6.09 Å². The van der Waals surface area contributed by atoms with E-state index in [0.29, 0.717) is 25.3 Å². The second-order valence-electron chi connectivity index (χ2n) is 5.40. The van der Waals surface area contributed by atoms with Crippen molar-refractivity contribution in [3.63, 3.8) is 0 Å². The van der Waals surface area contributed by atoms with Crippen molar-refractivity contribution >= 4 is 6.09 Å². The number of piperidine rings is 1. The van der Waals surface area contributed by atoms with Gasteiger partial charge in [-0.05, 0) is 18.6 Å². The van der Waals surface area contributed by atoms with Crippen LogP contribution >= 0.6 is 0 Å². The Morgan fingerprint density at radius 3 is 2.67 bits per heavy atom. The lowest BCUT2D eigenvalue weighted by atomic mass is 9.81. The summed E-state index contributed by atoms with van der Waals surface area (Å²) >= 11 is 0. The lowest BCUT2D eigenvalue weighted by Gasteiger charge is -2.41. The summed E-state index contributed by atoms with van der Waals surface area (Å²) in [4.78, 5) is 13.6. The second kappa shape index (κ2) is 4.98. The summed E-state index contributed by atoms with van der Waals surface area (Å²) in [5.41, 5.74) is -0.284. The van der Waals surface area contributed by atoms with Crippen molar-refractivity contribution < 1.29 is 14.6 Å². The Hall–Kier alpha value is -1.55. The van der Waals surface area contributed by atoms with E-state index in [4.69, 9.17) is 4.74 Å². The topological polar surface area (TPSA) is 49.8 Å². The Kier molecular flexibility index (Phi) is 3.57. The molecule has 2 rings (SSSR count). The zero-order chi connectivity index (χ0) is 13.2. The first-order valence-electron chi connectivity index (χ1n) is 6.19. The van der Waals surface area contributed by atoms with Gasteiger partial charge in [0, 0.05) is 18.5 Å². The van der Waals surface area contributed by atoms with Crippen LogP contribution in [0.4, 0.5) is 4.79 Å². The van der Waals surface area contributed by atoms with Gasteiger partial charge in [0.1, 0.15) is 5.75 Å². The summed E-state index contributed by atoms with van der Waals surface area (Å²) in [6.07, 6.45) is -0.115. The molecule has 0 bridgehead atoms. The van der Waals surface area contributed by atoms with E-state index in [-0.39, 0.29) is 17.6 Å². The average Bonchev–Trinajstić information content (AvgIpc) is 2.34. The van der Waals surface area contributed by atoms with Gasteiger partial charge in [-0.25, -0.2) is 4.79 Å². The zero-order valence-corrected chi connectivity index (χ0v) is 10.8. The molecular formula is C14H19NO3. The molecule has 1 amide bonds. The number of benzene rings is 1. The molecule has 18 heavy (non-hydrogen) atoms. The van der Waals surface area contributed by atoms with Crippen LogP contribution in [0.2, 0.25) is 0 Å². The number of aliphatic hydroxyl groups excluding tert-OH is 1. The third-order valence-electron chi connectivity index (χ3n) is 3.38. The number of rotatable bonds is 1. The van der Waals surface area contributed by atoms with Crippen LogP contribution in [0.25, 0.3) is 0 Å². The number of nitrogens with zero attached hydrogens (tertiary/aromatic N) is 1. The highest BCUT2D eigenvalue weighted by Gasteiger charge is 2.37. The molecule has 1 atom stereocenters. The fourth-order valence-electron chi connectivity index (χ4n) is 2.15. The van der Waals surface area contributed by atoms with E-state index in [1.807, 2.05) is 32.0 Å². The van der Waals surface area contributed by atoms with Crippen molar-refractivity contribution in [3.8, 4) is 5.75 Å². The number of hydrogen-bond acceptors (Lipinski definition) is 3. The SMILES string of the molecule is CC1(C)CN(C(=O)Oc2ccccc2)CCC1O. The molecule has 0 aromatic heterocycles. The zero-order valence-electron chi connectivity index (χ0n) is 10.8. The predicted octanol–water partition coefficient (Wildman–Crippen LogP) is 2.28. The van der Waals surface area contributed by atoms with Gasteiger partial charge in [0.25, 0.3) is 0 Å². The van der Waals surface area contributed by atoms with Gasteiger partial charge in [-0.3, -0.25) is 0 Å². The highest BCUT2D eigenvalue weighted by atomic mass is 16.6. The Morgan fingerprint density at radius 2 is 2.06 bits per heavy atom. The number of likely N-dealkylation sites (tertiary alicyclic amines) is 1. The fraction of sp³-hybridized carbons (Fsp3) is 0.500. The van der Waals surface area contributed by atoms with Crippen molar-refractivity contribution in [3.05, 3.63) is 30.3 Å².